The van der Waals surface area contributed by atoms with Crippen LogP contribution in [0, 0.1) is 5.82 Å². The van der Waals surface area contributed by atoms with E-state index in [9.17, 15) is 9.50 Å². The van der Waals surface area contributed by atoms with Gasteiger partial charge in [-0.25, -0.2) is 4.39 Å². The van der Waals surface area contributed by atoms with E-state index in [0.717, 1.165) is 0 Å². The van der Waals surface area contributed by atoms with Gasteiger partial charge in [-0.05, 0) is 30.7 Å². The third-order valence-corrected chi connectivity index (χ3v) is 2.29. The average Bonchev–Trinajstić information content (AvgIpc) is 2.28. The van der Waals surface area contributed by atoms with Crippen LogP contribution in [-0.4, -0.2) is 18.2 Å². The summed E-state index contributed by atoms with van der Waals surface area (Å²) in [6, 6.07) is 4.28. The van der Waals surface area contributed by atoms with E-state index in [4.69, 9.17) is 5.73 Å². The molecule has 0 bridgehead atoms. The average molecular weight is 224 g/mol. The molecule has 16 heavy (non-hydrogen) atoms. The normalized spacial score (nSPS) is 12.4. The highest BCUT2D eigenvalue weighted by atomic mass is 19.1. The zero-order valence-electron chi connectivity index (χ0n) is 9.12. The van der Waals surface area contributed by atoms with Gasteiger partial charge >= 0.3 is 0 Å². The predicted molar refractivity (Wildman–Crippen MR) is 63.5 cm³/mol. The lowest BCUT2D eigenvalue weighted by Crippen LogP contribution is -2.17. The van der Waals surface area contributed by atoms with Crippen LogP contribution in [0.2, 0.25) is 0 Å². The van der Waals surface area contributed by atoms with E-state index >= 15 is 0 Å². The van der Waals surface area contributed by atoms with Gasteiger partial charge in [0.2, 0.25) is 0 Å². The Morgan fingerprint density at radius 3 is 2.94 bits per heavy atom. The molecule has 4 heteroatoms. The van der Waals surface area contributed by atoms with Crippen LogP contribution in [0.25, 0.3) is 0 Å². The van der Waals surface area contributed by atoms with Crippen molar-refractivity contribution in [1.82, 2.24) is 5.32 Å². The molecule has 1 atom stereocenters. The highest BCUT2D eigenvalue weighted by molar-refractivity contribution is 5.43. The van der Waals surface area contributed by atoms with Gasteiger partial charge in [0.15, 0.2) is 0 Å². The molecule has 1 aromatic carbocycles. The largest absolute Gasteiger partial charge is 0.396 e. The third kappa shape index (κ3) is 3.64. The van der Waals surface area contributed by atoms with Crippen LogP contribution in [-0.2, 0) is 0 Å². The first-order valence-corrected chi connectivity index (χ1v) is 5.19. The molecule has 0 aliphatic heterocycles. The van der Waals surface area contributed by atoms with Gasteiger partial charge in [-0.2, -0.15) is 0 Å². The van der Waals surface area contributed by atoms with Crippen molar-refractivity contribution in [3.05, 3.63) is 42.2 Å². The first kappa shape index (κ1) is 12.7. The van der Waals surface area contributed by atoms with Gasteiger partial charge in [-0.1, -0.05) is 12.1 Å². The minimum Gasteiger partial charge on any atom is -0.396 e. The predicted octanol–water partition coefficient (Wildman–Crippen LogP) is 1.61. The lowest BCUT2D eigenvalue weighted by molar-refractivity contribution is 0.167. The number of aliphatic hydroxyl groups excluding tert-OH is 1. The monoisotopic (exact) mass is 224 g/mol. The standard InChI is InChI=1S/C12H17FN2O/c1-2-6-15-7-5-12(16)9-3-4-10(13)11(14)8-9/h2-4,8,12,15-16H,1,5-7,14H2. The maximum absolute atomic E-state index is 12.9. The Morgan fingerprint density at radius 1 is 1.56 bits per heavy atom. The molecule has 0 saturated carbocycles. The second-order valence-corrected chi connectivity index (χ2v) is 3.58. The number of rotatable bonds is 6. The Hall–Kier alpha value is -1.39. The number of benzene rings is 1. The maximum Gasteiger partial charge on any atom is 0.146 e. The van der Waals surface area contributed by atoms with E-state index < -0.39 is 11.9 Å². The summed E-state index contributed by atoms with van der Waals surface area (Å²) in [7, 11) is 0. The Morgan fingerprint density at radius 2 is 2.31 bits per heavy atom. The number of aliphatic hydroxyl groups is 1. The smallest absolute Gasteiger partial charge is 0.146 e. The Labute approximate surface area is 94.8 Å². The fourth-order valence-electron chi connectivity index (χ4n) is 1.38. The second-order valence-electron chi connectivity index (χ2n) is 3.58. The fraction of sp³-hybridized carbons (Fsp3) is 0.333. The maximum atomic E-state index is 12.9. The summed E-state index contributed by atoms with van der Waals surface area (Å²) in [5.41, 5.74) is 6.12. The van der Waals surface area contributed by atoms with Crippen LogP contribution in [0.1, 0.15) is 18.1 Å². The van der Waals surface area contributed by atoms with Gasteiger partial charge < -0.3 is 16.2 Å². The summed E-state index contributed by atoms with van der Waals surface area (Å²) in [4.78, 5) is 0. The fourth-order valence-corrected chi connectivity index (χ4v) is 1.38. The number of hydrogen-bond donors (Lipinski definition) is 3. The Bertz CT molecular complexity index is 355. The van der Waals surface area contributed by atoms with Crippen molar-refractivity contribution >= 4 is 5.69 Å². The first-order chi connectivity index (χ1) is 7.65. The topological polar surface area (TPSA) is 58.3 Å². The van der Waals surface area contributed by atoms with Crippen molar-refractivity contribution in [3.63, 3.8) is 0 Å². The molecule has 0 fully saturated rings. The SMILES string of the molecule is C=CCNCCC(O)c1ccc(F)c(N)c1. The molecular weight excluding hydrogens is 207 g/mol. The third-order valence-electron chi connectivity index (χ3n) is 2.29. The van der Waals surface area contributed by atoms with Gasteiger partial charge in [0.25, 0.3) is 0 Å². The van der Waals surface area contributed by atoms with E-state index in [0.29, 0.717) is 25.1 Å². The second kappa shape index (κ2) is 6.25. The lowest BCUT2D eigenvalue weighted by atomic mass is 10.1. The van der Waals surface area contributed by atoms with Crippen molar-refractivity contribution in [1.29, 1.82) is 0 Å². The zero-order chi connectivity index (χ0) is 12.0. The van der Waals surface area contributed by atoms with Crippen LogP contribution >= 0.6 is 0 Å². The molecule has 0 heterocycles. The summed E-state index contributed by atoms with van der Waals surface area (Å²) in [6.45, 7) is 4.95. The minimum absolute atomic E-state index is 0.0654. The van der Waals surface area contributed by atoms with Gasteiger partial charge in [0.1, 0.15) is 5.82 Å². The van der Waals surface area contributed by atoms with Crippen molar-refractivity contribution < 1.29 is 9.50 Å². The summed E-state index contributed by atoms with van der Waals surface area (Å²) < 4.78 is 12.9. The van der Waals surface area contributed by atoms with Crippen LogP contribution in [0.5, 0.6) is 0 Å². The number of anilines is 1. The molecule has 0 aliphatic carbocycles. The van der Waals surface area contributed by atoms with Crippen molar-refractivity contribution in [2.75, 3.05) is 18.8 Å². The van der Waals surface area contributed by atoms with Crippen LogP contribution in [0.15, 0.2) is 30.9 Å². The molecule has 1 aromatic rings. The summed E-state index contributed by atoms with van der Waals surface area (Å²) >= 11 is 0. The van der Waals surface area contributed by atoms with Crippen molar-refractivity contribution in [2.45, 2.75) is 12.5 Å². The molecule has 3 nitrogen and oxygen atoms in total. The molecular formula is C12H17FN2O. The van der Waals surface area contributed by atoms with Gasteiger partial charge in [-0.15, -0.1) is 6.58 Å². The summed E-state index contributed by atoms with van der Waals surface area (Å²) in [5, 5.41) is 12.9. The molecule has 0 amide bonds. The number of nitrogens with one attached hydrogen (secondary N) is 1. The number of nitrogen functional groups attached to an aromatic ring is 1. The number of nitrogens with two attached hydrogens (primary N) is 1. The lowest BCUT2D eigenvalue weighted by Gasteiger charge is -2.12. The Kier molecular flexibility index (Phi) is 4.95. The number of halogens is 1. The quantitative estimate of drug-likeness (QED) is 0.391. The summed E-state index contributed by atoms with van der Waals surface area (Å²) in [5.74, 6) is -0.458. The molecule has 0 aromatic heterocycles. The van der Waals surface area contributed by atoms with E-state index in [1.165, 1.54) is 12.1 Å². The summed E-state index contributed by atoms with van der Waals surface area (Å²) in [6.07, 6.45) is 1.68. The highest BCUT2D eigenvalue weighted by Crippen LogP contribution is 2.20. The Balaban J connectivity index is 2.49. The molecule has 0 saturated heterocycles. The van der Waals surface area contributed by atoms with Crippen LogP contribution in [0.4, 0.5) is 10.1 Å². The van der Waals surface area contributed by atoms with Crippen LogP contribution in [0.3, 0.4) is 0 Å². The van der Waals surface area contributed by atoms with Crippen LogP contribution < -0.4 is 11.1 Å². The number of hydrogen-bond acceptors (Lipinski definition) is 3. The molecule has 1 unspecified atom stereocenters. The van der Waals surface area contributed by atoms with Crippen molar-refractivity contribution in [3.8, 4) is 0 Å². The van der Waals surface area contributed by atoms with E-state index in [-0.39, 0.29) is 5.69 Å². The molecule has 0 aliphatic rings. The van der Waals surface area contributed by atoms with Gasteiger partial charge in [0, 0.05) is 6.54 Å². The first-order valence-electron chi connectivity index (χ1n) is 5.19. The zero-order valence-corrected chi connectivity index (χ0v) is 9.12. The molecule has 0 spiro atoms. The molecule has 4 N–H and O–H groups in total. The van der Waals surface area contributed by atoms with E-state index in [1.807, 2.05) is 0 Å². The van der Waals surface area contributed by atoms with E-state index in [2.05, 4.69) is 11.9 Å². The minimum atomic E-state index is -0.625. The molecule has 0 radical (unpaired) electrons. The van der Waals surface area contributed by atoms with Gasteiger partial charge in [-0.3, -0.25) is 0 Å². The van der Waals surface area contributed by atoms with E-state index in [1.54, 1.807) is 12.1 Å². The molecule has 88 valence electrons. The van der Waals surface area contributed by atoms with Gasteiger partial charge in [0.05, 0.1) is 11.8 Å². The highest BCUT2D eigenvalue weighted by Gasteiger charge is 2.08. The van der Waals surface area contributed by atoms with Crippen molar-refractivity contribution in [2.24, 2.45) is 0 Å². The molecule has 1 rings (SSSR count).